The molecule has 2 aromatic carbocycles. The number of benzene rings is 2. The summed E-state index contributed by atoms with van der Waals surface area (Å²) in [5.41, 5.74) is -1.20. The quantitative estimate of drug-likeness (QED) is 0.786. The molecule has 0 radical (unpaired) electrons. The van der Waals surface area contributed by atoms with Crippen LogP contribution in [0.1, 0.15) is 5.56 Å². The van der Waals surface area contributed by atoms with E-state index in [2.05, 4.69) is 20.7 Å². The third kappa shape index (κ3) is 3.69. The largest absolute Gasteiger partial charge is 0.486 e. The molecule has 0 saturated heterocycles. The second-order valence-corrected chi connectivity index (χ2v) is 7.58. The molecule has 10 heteroatoms. The fraction of sp³-hybridized carbons (Fsp3) is 0.200. The molecule has 0 amide bonds. The molecule has 0 unspecified atom stereocenters. The first-order valence-electron chi connectivity index (χ1n) is 6.97. The molecule has 0 fully saturated rings. The Labute approximate surface area is 149 Å². The molecule has 0 spiro atoms. The van der Waals surface area contributed by atoms with Crippen molar-refractivity contribution in [1.82, 2.24) is 0 Å². The van der Waals surface area contributed by atoms with Crippen molar-refractivity contribution in [3.63, 3.8) is 0 Å². The van der Waals surface area contributed by atoms with Gasteiger partial charge in [-0.2, -0.15) is 13.2 Å². The number of halogens is 4. The van der Waals surface area contributed by atoms with Gasteiger partial charge in [0.25, 0.3) is 10.0 Å². The van der Waals surface area contributed by atoms with Gasteiger partial charge in [0.05, 0.1) is 16.1 Å². The highest BCUT2D eigenvalue weighted by Crippen LogP contribution is 2.40. The summed E-state index contributed by atoms with van der Waals surface area (Å²) in [6, 6.07) is 6.81. The molecule has 0 aromatic heterocycles. The van der Waals surface area contributed by atoms with Gasteiger partial charge in [-0.3, -0.25) is 4.72 Å². The Morgan fingerprint density at radius 3 is 2.28 bits per heavy atom. The van der Waals surface area contributed by atoms with Crippen molar-refractivity contribution < 1.29 is 31.1 Å². The summed E-state index contributed by atoms with van der Waals surface area (Å²) in [6.07, 6.45) is -4.80. The molecule has 0 saturated carbocycles. The number of alkyl halides is 3. The van der Waals surface area contributed by atoms with E-state index in [1.807, 2.05) is 0 Å². The second-order valence-electron chi connectivity index (χ2n) is 5.08. The van der Waals surface area contributed by atoms with Gasteiger partial charge in [0.2, 0.25) is 0 Å². The topological polar surface area (TPSA) is 64.6 Å². The van der Waals surface area contributed by atoms with E-state index in [0.717, 1.165) is 12.1 Å². The number of rotatable bonds is 3. The predicted octanol–water partition coefficient (Wildman–Crippen LogP) is 4.04. The van der Waals surface area contributed by atoms with Gasteiger partial charge in [-0.05, 0) is 28.1 Å². The minimum Gasteiger partial charge on any atom is -0.486 e. The van der Waals surface area contributed by atoms with Crippen molar-refractivity contribution >= 4 is 31.6 Å². The van der Waals surface area contributed by atoms with Gasteiger partial charge in [-0.15, -0.1) is 0 Å². The molecule has 5 nitrogen and oxygen atoms in total. The highest BCUT2D eigenvalue weighted by molar-refractivity contribution is 9.10. The number of hydrogen-bond acceptors (Lipinski definition) is 4. The Morgan fingerprint density at radius 2 is 1.64 bits per heavy atom. The lowest BCUT2D eigenvalue weighted by molar-refractivity contribution is -0.139. The Kier molecular flexibility index (Phi) is 4.58. The van der Waals surface area contributed by atoms with Crippen LogP contribution in [0, 0.1) is 0 Å². The number of anilines is 1. The lowest BCUT2D eigenvalue weighted by Crippen LogP contribution is -2.20. The average Bonchev–Trinajstić information content (AvgIpc) is 2.54. The van der Waals surface area contributed by atoms with Crippen LogP contribution in [0.25, 0.3) is 0 Å². The summed E-state index contributed by atoms with van der Waals surface area (Å²) >= 11 is 3.17. The summed E-state index contributed by atoms with van der Waals surface area (Å²) in [7, 11) is -4.47. The molecule has 2 aromatic rings. The number of ether oxygens (including phenoxy) is 2. The Morgan fingerprint density at radius 1 is 1.04 bits per heavy atom. The lowest BCUT2D eigenvalue weighted by atomic mass is 10.2. The van der Waals surface area contributed by atoms with E-state index in [9.17, 15) is 21.6 Å². The molecule has 1 N–H and O–H groups in total. The monoisotopic (exact) mass is 437 g/mol. The average molecular weight is 438 g/mol. The SMILES string of the molecule is O=S(=O)(Nc1cc2c(cc1Br)OCCO2)c1ccccc1C(F)(F)F. The standard InChI is InChI=1S/C15H11BrF3NO4S/c16-10-7-12-13(24-6-5-23-12)8-11(10)20-25(21,22)14-4-2-1-3-9(14)15(17,18)19/h1-4,7-8,20H,5-6H2. The van der Waals surface area contributed by atoms with Gasteiger partial charge in [0.1, 0.15) is 13.2 Å². The van der Waals surface area contributed by atoms with Crippen LogP contribution in [-0.4, -0.2) is 21.6 Å². The van der Waals surface area contributed by atoms with Crippen molar-refractivity contribution in [2.24, 2.45) is 0 Å². The molecule has 1 aliphatic rings. The van der Waals surface area contributed by atoms with Gasteiger partial charge >= 0.3 is 6.18 Å². The first-order valence-corrected chi connectivity index (χ1v) is 9.24. The molecule has 1 heterocycles. The number of nitrogens with one attached hydrogen (secondary N) is 1. The summed E-state index contributed by atoms with van der Waals surface area (Å²) in [5.74, 6) is 0.716. The van der Waals surface area contributed by atoms with E-state index in [1.165, 1.54) is 18.2 Å². The van der Waals surface area contributed by atoms with Crippen LogP contribution in [-0.2, 0) is 16.2 Å². The van der Waals surface area contributed by atoms with E-state index in [4.69, 9.17) is 9.47 Å². The maximum Gasteiger partial charge on any atom is 0.417 e. The number of fused-ring (bicyclic) bond motifs is 1. The van der Waals surface area contributed by atoms with Gasteiger partial charge in [0, 0.05) is 16.6 Å². The normalized spacial score (nSPS) is 14.2. The highest BCUT2D eigenvalue weighted by Gasteiger charge is 2.37. The van der Waals surface area contributed by atoms with E-state index < -0.39 is 26.7 Å². The van der Waals surface area contributed by atoms with Crippen LogP contribution in [0.15, 0.2) is 45.8 Å². The van der Waals surface area contributed by atoms with Gasteiger partial charge in [0.15, 0.2) is 11.5 Å². The Hall–Kier alpha value is -1.94. The zero-order valence-electron chi connectivity index (χ0n) is 12.4. The predicted molar refractivity (Wildman–Crippen MR) is 87.4 cm³/mol. The molecular weight excluding hydrogens is 427 g/mol. The number of sulfonamides is 1. The maximum atomic E-state index is 13.1. The molecule has 0 aliphatic carbocycles. The third-order valence-electron chi connectivity index (χ3n) is 3.36. The third-order valence-corrected chi connectivity index (χ3v) is 5.44. The molecule has 134 valence electrons. The first kappa shape index (κ1) is 17.9. The van der Waals surface area contributed by atoms with Crippen LogP contribution in [0.2, 0.25) is 0 Å². The molecule has 0 atom stereocenters. The fourth-order valence-electron chi connectivity index (χ4n) is 2.28. The zero-order valence-corrected chi connectivity index (χ0v) is 14.8. The Bertz CT molecular complexity index is 915. The van der Waals surface area contributed by atoms with Crippen molar-refractivity contribution in [2.45, 2.75) is 11.1 Å². The number of hydrogen-bond donors (Lipinski definition) is 1. The van der Waals surface area contributed by atoms with E-state index in [-0.39, 0.29) is 12.3 Å². The fourth-order valence-corrected chi connectivity index (χ4v) is 4.13. The molecule has 0 bridgehead atoms. The van der Waals surface area contributed by atoms with Crippen LogP contribution in [0.4, 0.5) is 18.9 Å². The molecule has 3 rings (SSSR count). The van der Waals surface area contributed by atoms with Crippen LogP contribution in [0.3, 0.4) is 0 Å². The Balaban J connectivity index is 2.01. The first-order chi connectivity index (χ1) is 11.7. The molecule has 25 heavy (non-hydrogen) atoms. The summed E-state index contributed by atoms with van der Waals surface area (Å²) in [6.45, 7) is 0.640. The van der Waals surface area contributed by atoms with Crippen molar-refractivity contribution in [3.05, 3.63) is 46.4 Å². The van der Waals surface area contributed by atoms with Crippen molar-refractivity contribution in [2.75, 3.05) is 17.9 Å². The van der Waals surface area contributed by atoms with E-state index in [1.54, 1.807) is 0 Å². The molecule has 1 aliphatic heterocycles. The lowest BCUT2D eigenvalue weighted by Gasteiger charge is -2.20. The summed E-state index contributed by atoms with van der Waals surface area (Å²) in [4.78, 5) is -0.857. The van der Waals surface area contributed by atoms with Crippen molar-refractivity contribution in [3.8, 4) is 11.5 Å². The zero-order chi connectivity index (χ0) is 18.2. The van der Waals surface area contributed by atoms with Crippen molar-refractivity contribution in [1.29, 1.82) is 0 Å². The van der Waals surface area contributed by atoms with Crippen LogP contribution >= 0.6 is 15.9 Å². The minimum absolute atomic E-state index is 0.0428. The smallest absolute Gasteiger partial charge is 0.417 e. The van der Waals surface area contributed by atoms with Crippen LogP contribution < -0.4 is 14.2 Å². The van der Waals surface area contributed by atoms with Gasteiger partial charge < -0.3 is 9.47 Å². The molecular formula is C15H11BrF3NO4S. The van der Waals surface area contributed by atoms with Gasteiger partial charge in [-0.25, -0.2) is 8.42 Å². The maximum absolute atomic E-state index is 13.1. The second kappa shape index (κ2) is 6.41. The summed E-state index contributed by atoms with van der Waals surface area (Å²) in [5, 5.41) is 0. The van der Waals surface area contributed by atoms with Crippen LogP contribution in [0.5, 0.6) is 11.5 Å². The van der Waals surface area contributed by atoms with E-state index in [0.29, 0.717) is 28.6 Å². The van der Waals surface area contributed by atoms with Gasteiger partial charge in [-0.1, -0.05) is 12.1 Å². The van der Waals surface area contributed by atoms with E-state index >= 15 is 0 Å². The minimum atomic E-state index is -4.80. The summed E-state index contributed by atoms with van der Waals surface area (Å²) < 4.78 is 77.4. The highest BCUT2D eigenvalue weighted by atomic mass is 79.9.